The summed E-state index contributed by atoms with van der Waals surface area (Å²) in [7, 11) is -4.87. The van der Waals surface area contributed by atoms with Crippen molar-refractivity contribution >= 4 is 28.2 Å². The number of amides is 4. The Morgan fingerprint density at radius 3 is 2.76 bits per heavy atom. The van der Waals surface area contributed by atoms with Gasteiger partial charge in [0.2, 0.25) is 5.91 Å². The van der Waals surface area contributed by atoms with Crippen molar-refractivity contribution in [3.63, 3.8) is 0 Å². The molecule has 4 amide bonds. The van der Waals surface area contributed by atoms with Crippen molar-refractivity contribution in [3.05, 3.63) is 29.8 Å². The molecular formula is C20H27N5O8S. The van der Waals surface area contributed by atoms with Crippen LogP contribution in [-0.2, 0) is 30.7 Å². The number of nitrogens with one attached hydrogen (secondary N) is 3. The van der Waals surface area contributed by atoms with Gasteiger partial charge in [-0.05, 0) is 49.9 Å². The number of nitrogens with zero attached hydrogens (tertiary/aromatic N) is 2. The smallest absolute Gasteiger partial charge is 0.418 e. The van der Waals surface area contributed by atoms with Crippen molar-refractivity contribution in [2.24, 2.45) is 0 Å². The van der Waals surface area contributed by atoms with Gasteiger partial charge in [-0.25, -0.2) is 4.79 Å². The summed E-state index contributed by atoms with van der Waals surface area (Å²) >= 11 is 0. The molecule has 13 nitrogen and oxygen atoms in total. The lowest BCUT2D eigenvalue weighted by Crippen LogP contribution is -2.54. The van der Waals surface area contributed by atoms with Crippen LogP contribution in [0.25, 0.3) is 0 Å². The molecule has 0 aliphatic carbocycles. The molecule has 3 aliphatic heterocycles. The Kier molecular flexibility index (Phi) is 7.21. The van der Waals surface area contributed by atoms with Crippen molar-refractivity contribution in [1.82, 2.24) is 26.1 Å². The van der Waals surface area contributed by atoms with Crippen LogP contribution in [0.2, 0.25) is 0 Å². The fraction of sp³-hybridized carbons (Fsp3) is 0.550. The summed E-state index contributed by atoms with van der Waals surface area (Å²) in [6.07, 6.45) is 2.72. The standard InChI is InChI=1S/C20H27N5O8S/c26-18(10-13-3-1-5-16(9-13)32-12-14-4-2-8-21-14)22-23-19(27)17-7-6-15-11-24(17)20(28)25(15)33-34(29,30)31/h1,3,5,9,14-15,17,21H,2,4,6-8,10-12H2,(H,22,26)(H,23,27)(H,29,30,31)/t14-,15+,17-/m0/s1. The number of carbonyl (C=O) groups is 3. The monoisotopic (exact) mass is 497 g/mol. The molecule has 186 valence electrons. The molecule has 3 fully saturated rings. The second kappa shape index (κ2) is 10.1. The molecule has 1 aromatic carbocycles. The molecule has 3 heterocycles. The molecule has 4 N–H and O–H groups in total. The lowest BCUT2D eigenvalue weighted by Gasteiger charge is -2.29. The van der Waals surface area contributed by atoms with Crippen molar-refractivity contribution in [3.8, 4) is 5.75 Å². The number of hydrogen-bond donors (Lipinski definition) is 4. The van der Waals surface area contributed by atoms with Crippen LogP contribution < -0.4 is 20.9 Å². The first-order valence-electron chi connectivity index (χ1n) is 11.0. The zero-order valence-corrected chi connectivity index (χ0v) is 19.1. The molecule has 0 saturated carbocycles. The number of hydrogen-bond acceptors (Lipinski definition) is 8. The quantitative estimate of drug-likeness (QED) is 0.274. The summed E-state index contributed by atoms with van der Waals surface area (Å²) in [5.74, 6) is -0.417. The third-order valence-corrected chi connectivity index (χ3v) is 6.35. The van der Waals surface area contributed by atoms with E-state index in [1.165, 1.54) is 0 Å². The predicted molar refractivity (Wildman–Crippen MR) is 116 cm³/mol. The third kappa shape index (κ3) is 5.94. The van der Waals surface area contributed by atoms with E-state index >= 15 is 0 Å². The van der Waals surface area contributed by atoms with Gasteiger partial charge in [-0.15, -0.1) is 4.28 Å². The molecule has 14 heteroatoms. The molecule has 2 bridgehead atoms. The Morgan fingerprint density at radius 1 is 1.21 bits per heavy atom. The Hall–Kier alpha value is -2.94. The van der Waals surface area contributed by atoms with Gasteiger partial charge in [-0.3, -0.25) is 25.0 Å². The van der Waals surface area contributed by atoms with Crippen LogP contribution >= 0.6 is 0 Å². The van der Waals surface area contributed by atoms with Gasteiger partial charge in [-0.1, -0.05) is 12.1 Å². The van der Waals surface area contributed by atoms with Crippen LogP contribution in [-0.4, -0.2) is 78.6 Å². The third-order valence-electron chi connectivity index (χ3n) is 6.00. The first-order valence-corrected chi connectivity index (χ1v) is 12.4. The van der Waals surface area contributed by atoms with Crippen molar-refractivity contribution < 1.29 is 36.4 Å². The van der Waals surface area contributed by atoms with Crippen molar-refractivity contribution in [2.45, 2.75) is 50.2 Å². The van der Waals surface area contributed by atoms with E-state index in [0.29, 0.717) is 29.0 Å². The van der Waals surface area contributed by atoms with Crippen LogP contribution in [0.4, 0.5) is 4.79 Å². The zero-order chi connectivity index (χ0) is 24.3. The molecule has 3 atom stereocenters. The lowest BCUT2D eigenvalue weighted by atomic mass is 10.0. The van der Waals surface area contributed by atoms with Gasteiger partial charge in [0.15, 0.2) is 0 Å². The summed E-state index contributed by atoms with van der Waals surface area (Å²) in [6.45, 7) is 1.60. The van der Waals surface area contributed by atoms with Crippen molar-refractivity contribution in [1.29, 1.82) is 0 Å². The molecule has 3 aliphatic rings. The molecule has 0 spiro atoms. The number of hydroxylamine groups is 2. The van der Waals surface area contributed by atoms with E-state index in [0.717, 1.165) is 24.3 Å². The van der Waals surface area contributed by atoms with Gasteiger partial charge < -0.3 is 15.0 Å². The average molecular weight is 498 g/mol. The number of hydrazine groups is 1. The lowest BCUT2D eigenvalue weighted by molar-refractivity contribution is -0.131. The summed E-state index contributed by atoms with van der Waals surface area (Å²) < 4.78 is 40.9. The normalized spacial score (nSPS) is 24.3. The molecule has 0 aromatic heterocycles. The van der Waals surface area contributed by atoms with Gasteiger partial charge in [0.1, 0.15) is 18.4 Å². The van der Waals surface area contributed by atoms with Crippen LogP contribution in [0.3, 0.4) is 0 Å². The molecule has 0 unspecified atom stereocenters. The van der Waals surface area contributed by atoms with E-state index < -0.39 is 40.3 Å². The number of rotatable bonds is 8. The summed E-state index contributed by atoms with van der Waals surface area (Å²) in [5, 5.41) is 3.91. The summed E-state index contributed by atoms with van der Waals surface area (Å²) in [6, 6.07) is 5.10. The summed E-state index contributed by atoms with van der Waals surface area (Å²) in [5.41, 5.74) is 5.36. The van der Waals surface area contributed by atoms with E-state index in [1.807, 2.05) is 6.07 Å². The minimum absolute atomic E-state index is 0.00449. The van der Waals surface area contributed by atoms with Crippen LogP contribution in [0.1, 0.15) is 31.2 Å². The minimum Gasteiger partial charge on any atom is -0.492 e. The van der Waals surface area contributed by atoms with E-state index in [2.05, 4.69) is 20.5 Å². The van der Waals surface area contributed by atoms with Gasteiger partial charge >= 0.3 is 16.4 Å². The fourth-order valence-electron chi connectivity index (χ4n) is 4.39. The van der Waals surface area contributed by atoms with E-state index in [-0.39, 0.29) is 25.8 Å². The van der Waals surface area contributed by atoms with E-state index in [4.69, 9.17) is 9.29 Å². The number of piperidine rings is 1. The maximum absolute atomic E-state index is 12.6. The number of ether oxygens (including phenoxy) is 1. The molecular weight excluding hydrogens is 470 g/mol. The number of benzene rings is 1. The highest BCUT2D eigenvalue weighted by atomic mass is 32.3. The van der Waals surface area contributed by atoms with Crippen LogP contribution in [0.5, 0.6) is 5.75 Å². The molecule has 3 saturated heterocycles. The number of fused-ring (bicyclic) bond motifs is 2. The van der Waals surface area contributed by atoms with Crippen LogP contribution in [0.15, 0.2) is 24.3 Å². The number of carbonyl (C=O) groups excluding carboxylic acids is 3. The van der Waals surface area contributed by atoms with Crippen molar-refractivity contribution in [2.75, 3.05) is 19.7 Å². The Balaban J connectivity index is 1.25. The average Bonchev–Trinajstić information content (AvgIpc) is 3.39. The fourth-order valence-corrected chi connectivity index (χ4v) is 4.78. The Morgan fingerprint density at radius 2 is 2.03 bits per heavy atom. The SMILES string of the molecule is O=C(Cc1cccc(OC[C@@H]2CCCN2)c1)NNC(=O)[C@@H]1CC[C@@H]2CN1C(=O)N2OS(=O)(=O)O. The Labute approximate surface area is 196 Å². The second-order valence-electron chi connectivity index (χ2n) is 8.48. The van der Waals surface area contributed by atoms with Gasteiger partial charge in [-0.2, -0.15) is 13.5 Å². The second-order valence-corrected chi connectivity index (χ2v) is 9.48. The maximum Gasteiger partial charge on any atom is 0.418 e. The molecule has 34 heavy (non-hydrogen) atoms. The Bertz CT molecular complexity index is 1050. The minimum atomic E-state index is -4.87. The highest BCUT2D eigenvalue weighted by molar-refractivity contribution is 7.80. The maximum atomic E-state index is 12.6. The first kappa shape index (κ1) is 24.2. The number of urea groups is 1. The van der Waals surface area contributed by atoms with E-state index in [9.17, 15) is 22.8 Å². The molecule has 0 radical (unpaired) electrons. The van der Waals surface area contributed by atoms with E-state index in [1.54, 1.807) is 18.2 Å². The molecule has 4 rings (SSSR count). The predicted octanol–water partition coefficient (Wildman–Crippen LogP) is -0.490. The zero-order valence-electron chi connectivity index (χ0n) is 18.3. The topological polar surface area (TPSA) is 167 Å². The highest BCUT2D eigenvalue weighted by Gasteiger charge is 2.49. The largest absolute Gasteiger partial charge is 0.492 e. The van der Waals surface area contributed by atoms with Crippen LogP contribution in [0, 0.1) is 0 Å². The first-order chi connectivity index (χ1) is 16.2. The van der Waals surface area contributed by atoms with Gasteiger partial charge in [0.05, 0.1) is 12.5 Å². The van der Waals surface area contributed by atoms with Gasteiger partial charge in [0.25, 0.3) is 5.91 Å². The summed E-state index contributed by atoms with van der Waals surface area (Å²) in [4.78, 5) is 38.4. The highest BCUT2D eigenvalue weighted by Crippen LogP contribution is 2.30. The molecule has 1 aromatic rings. The van der Waals surface area contributed by atoms with Gasteiger partial charge in [0, 0.05) is 12.6 Å².